The van der Waals surface area contributed by atoms with Gasteiger partial charge in [0.1, 0.15) is 4.60 Å². The molecule has 1 N–H and O–H groups in total. The minimum atomic E-state index is 0.872. The van der Waals surface area contributed by atoms with Gasteiger partial charge in [0.25, 0.3) is 0 Å². The number of anilines is 2. The summed E-state index contributed by atoms with van der Waals surface area (Å²) in [6.45, 7) is 0. The summed E-state index contributed by atoms with van der Waals surface area (Å²) in [5, 5.41) is 6.17. The van der Waals surface area contributed by atoms with E-state index in [9.17, 15) is 0 Å². The van der Waals surface area contributed by atoms with Gasteiger partial charge in [0.2, 0.25) is 0 Å². The van der Waals surface area contributed by atoms with Gasteiger partial charge in [0, 0.05) is 10.3 Å². The topological polar surface area (TPSA) is 24.9 Å². The number of nitrogens with zero attached hydrogens (tertiary/aromatic N) is 1. The maximum atomic E-state index is 4.30. The standard InChI is InChI=1S/C10H9BrN2S2/c1-14-8-5-3-2-4-7(8)12-10-13-9(11)6-15-10/h2-6H,1H3,(H,12,13). The quantitative estimate of drug-likeness (QED) is 0.852. The number of halogens is 1. The number of para-hydroxylation sites is 1. The van der Waals surface area contributed by atoms with Gasteiger partial charge in [-0.3, -0.25) is 0 Å². The predicted molar refractivity (Wildman–Crippen MR) is 71.3 cm³/mol. The Hall–Kier alpha value is -0.520. The fourth-order valence-corrected chi connectivity index (χ4v) is 2.88. The smallest absolute Gasteiger partial charge is 0.188 e. The van der Waals surface area contributed by atoms with Crippen molar-refractivity contribution in [2.24, 2.45) is 0 Å². The zero-order valence-electron chi connectivity index (χ0n) is 8.03. The Morgan fingerprint density at radius 2 is 2.20 bits per heavy atom. The molecule has 15 heavy (non-hydrogen) atoms. The SMILES string of the molecule is CSc1ccccc1Nc1nc(Br)cs1. The van der Waals surface area contributed by atoms with E-state index in [-0.39, 0.29) is 0 Å². The molecule has 2 rings (SSSR count). The number of benzene rings is 1. The van der Waals surface area contributed by atoms with Crippen LogP contribution in [0.4, 0.5) is 10.8 Å². The summed E-state index contributed by atoms with van der Waals surface area (Å²) in [5.74, 6) is 0. The van der Waals surface area contributed by atoms with E-state index in [4.69, 9.17) is 0 Å². The molecule has 0 saturated heterocycles. The molecule has 2 nitrogen and oxygen atoms in total. The molecule has 0 aliphatic carbocycles. The lowest BCUT2D eigenvalue weighted by molar-refractivity contribution is 1.32. The van der Waals surface area contributed by atoms with Gasteiger partial charge in [0.15, 0.2) is 5.13 Å². The average molecular weight is 301 g/mol. The monoisotopic (exact) mass is 300 g/mol. The van der Waals surface area contributed by atoms with Gasteiger partial charge >= 0.3 is 0 Å². The van der Waals surface area contributed by atoms with Crippen LogP contribution in [0.2, 0.25) is 0 Å². The highest BCUT2D eigenvalue weighted by atomic mass is 79.9. The third kappa shape index (κ3) is 2.74. The van der Waals surface area contributed by atoms with Crippen molar-refractivity contribution >= 4 is 49.8 Å². The van der Waals surface area contributed by atoms with Crippen molar-refractivity contribution in [2.75, 3.05) is 11.6 Å². The molecule has 0 saturated carbocycles. The van der Waals surface area contributed by atoms with Gasteiger partial charge in [-0.15, -0.1) is 23.1 Å². The summed E-state index contributed by atoms with van der Waals surface area (Å²) in [4.78, 5) is 5.52. The van der Waals surface area contributed by atoms with Crippen LogP contribution < -0.4 is 5.32 Å². The molecular formula is C10H9BrN2S2. The van der Waals surface area contributed by atoms with Crippen molar-refractivity contribution in [3.63, 3.8) is 0 Å². The van der Waals surface area contributed by atoms with Crippen molar-refractivity contribution < 1.29 is 0 Å². The molecule has 2 aromatic rings. The van der Waals surface area contributed by atoms with E-state index in [2.05, 4.69) is 44.6 Å². The highest BCUT2D eigenvalue weighted by Gasteiger charge is 2.03. The Kier molecular flexibility index (Phi) is 3.66. The van der Waals surface area contributed by atoms with Crippen molar-refractivity contribution in [3.8, 4) is 0 Å². The zero-order chi connectivity index (χ0) is 10.7. The second-order valence-electron chi connectivity index (χ2n) is 2.80. The summed E-state index contributed by atoms with van der Waals surface area (Å²) < 4.78 is 0.872. The Balaban J connectivity index is 2.23. The molecule has 5 heteroatoms. The lowest BCUT2D eigenvalue weighted by atomic mass is 10.3. The van der Waals surface area contributed by atoms with Crippen molar-refractivity contribution in [1.29, 1.82) is 0 Å². The van der Waals surface area contributed by atoms with Crippen molar-refractivity contribution in [2.45, 2.75) is 4.90 Å². The van der Waals surface area contributed by atoms with Crippen LogP contribution in [0.3, 0.4) is 0 Å². The van der Waals surface area contributed by atoms with Crippen molar-refractivity contribution in [1.82, 2.24) is 4.98 Å². The molecule has 1 heterocycles. The van der Waals surface area contributed by atoms with Crippen LogP contribution in [0.5, 0.6) is 0 Å². The van der Waals surface area contributed by atoms with E-state index < -0.39 is 0 Å². The number of nitrogens with one attached hydrogen (secondary N) is 1. The first kappa shape index (κ1) is 11.0. The lowest BCUT2D eigenvalue weighted by Gasteiger charge is -2.06. The highest BCUT2D eigenvalue weighted by molar-refractivity contribution is 9.10. The molecule has 0 unspecified atom stereocenters. The molecule has 1 aromatic heterocycles. The first-order valence-electron chi connectivity index (χ1n) is 4.30. The Morgan fingerprint density at radius 1 is 1.40 bits per heavy atom. The minimum Gasteiger partial charge on any atom is -0.331 e. The van der Waals surface area contributed by atoms with E-state index in [0.29, 0.717) is 0 Å². The molecule has 0 aliphatic rings. The number of hydrogen-bond donors (Lipinski definition) is 1. The van der Waals surface area contributed by atoms with Crippen LogP contribution in [0.25, 0.3) is 0 Å². The second kappa shape index (κ2) is 5.01. The number of rotatable bonds is 3. The molecule has 1 aromatic carbocycles. The van der Waals surface area contributed by atoms with Crippen LogP contribution in [-0.2, 0) is 0 Å². The fraction of sp³-hybridized carbons (Fsp3) is 0.100. The van der Waals surface area contributed by atoms with Crippen LogP contribution in [-0.4, -0.2) is 11.2 Å². The van der Waals surface area contributed by atoms with Crippen LogP contribution in [0.15, 0.2) is 39.1 Å². The van der Waals surface area contributed by atoms with Crippen molar-refractivity contribution in [3.05, 3.63) is 34.2 Å². The molecule has 0 spiro atoms. The molecule has 78 valence electrons. The second-order valence-corrected chi connectivity index (χ2v) is 5.32. The van der Waals surface area contributed by atoms with Gasteiger partial charge in [-0.2, -0.15) is 0 Å². The first-order valence-corrected chi connectivity index (χ1v) is 7.20. The normalized spacial score (nSPS) is 10.3. The summed E-state index contributed by atoms with van der Waals surface area (Å²) in [7, 11) is 0. The lowest BCUT2D eigenvalue weighted by Crippen LogP contribution is -1.90. The summed E-state index contributed by atoms with van der Waals surface area (Å²) in [5.41, 5.74) is 1.10. The number of thiazole rings is 1. The van der Waals surface area contributed by atoms with E-state index >= 15 is 0 Å². The predicted octanol–water partition coefficient (Wildman–Crippen LogP) is 4.37. The fourth-order valence-electron chi connectivity index (χ4n) is 1.17. The molecule has 0 bridgehead atoms. The molecule has 0 aliphatic heterocycles. The summed E-state index contributed by atoms with van der Waals surface area (Å²) >= 11 is 6.64. The maximum absolute atomic E-state index is 4.30. The number of thioether (sulfide) groups is 1. The van der Waals surface area contributed by atoms with E-state index in [1.807, 2.05) is 17.5 Å². The van der Waals surface area contributed by atoms with Gasteiger partial charge < -0.3 is 5.32 Å². The minimum absolute atomic E-state index is 0.872. The van der Waals surface area contributed by atoms with E-state index in [0.717, 1.165) is 15.4 Å². The zero-order valence-corrected chi connectivity index (χ0v) is 11.2. The average Bonchev–Trinajstić information content (AvgIpc) is 2.65. The maximum Gasteiger partial charge on any atom is 0.188 e. The van der Waals surface area contributed by atoms with Crippen LogP contribution in [0.1, 0.15) is 0 Å². The third-order valence-corrected chi connectivity index (χ3v) is 4.09. The molecule has 0 fully saturated rings. The Labute approximate surface area is 105 Å². The van der Waals surface area contributed by atoms with Gasteiger partial charge in [-0.05, 0) is 34.3 Å². The van der Waals surface area contributed by atoms with E-state index in [1.165, 1.54) is 4.90 Å². The van der Waals surface area contributed by atoms with Crippen LogP contribution >= 0.6 is 39.0 Å². The molecule has 0 amide bonds. The highest BCUT2D eigenvalue weighted by Crippen LogP contribution is 2.29. The van der Waals surface area contributed by atoms with Gasteiger partial charge in [0.05, 0.1) is 5.69 Å². The molecular weight excluding hydrogens is 292 g/mol. The van der Waals surface area contributed by atoms with Gasteiger partial charge in [-0.25, -0.2) is 4.98 Å². The Morgan fingerprint density at radius 3 is 2.87 bits per heavy atom. The van der Waals surface area contributed by atoms with Gasteiger partial charge in [-0.1, -0.05) is 12.1 Å². The largest absolute Gasteiger partial charge is 0.331 e. The number of aromatic nitrogens is 1. The van der Waals surface area contributed by atoms with Crippen LogP contribution in [0, 0.1) is 0 Å². The first-order chi connectivity index (χ1) is 7.29. The van der Waals surface area contributed by atoms with E-state index in [1.54, 1.807) is 23.1 Å². The third-order valence-electron chi connectivity index (χ3n) is 1.82. The Bertz CT molecular complexity index is 456. The molecule has 0 radical (unpaired) electrons. The molecule has 0 atom stereocenters. The summed E-state index contributed by atoms with van der Waals surface area (Å²) in [6, 6.07) is 8.20. The number of hydrogen-bond acceptors (Lipinski definition) is 4. The summed E-state index contributed by atoms with van der Waals surface area (Å²) in [6.07, 6.45) is 2.07.